The molecule has 6 nitrogen and oxygen atoms in total. The molecule has 6 heteroatoms. The van der Waals surface area contributed by atoms with Crippen molar-refractivity contribution in [3.63, 3.8) is 0 Å². The van der Waals surface area contributed by atoms with Gasteiger partial charge >= 0.3 is 0 Å². The second-order valence-electron chi connectivity index (χ2n) is 9.47. The lowest BCUT2D eigenvalue weighted by molar-refractivity contribution is -0.384. The van der Waals surface area contributed by atoms with E-state index in [2.05, 4.69) is 24.3 Å². The van der Waals surface area contributed by atoms with Crippen LogP contribution in [0.3, 0.4) is 0 Å². The number of nitro benzene ring substituents is 1. The molecule has 0 N–H and O–H groups in total. The molecule has 0 aliphatic rings. The van der Waals surface area contributed by atoms with Crippen LogP contribution in [-0.2, 0) is 0 Å². The van der Waals surface area contributed by atoms with Gasteiger partial charge in [-0.25, -0.2) is 9.97 Å². The molecule has 0 saturated carbocycles. The van der Waals surface area contributed by atoms with Crippen LogP contribution in [0.5, 0.6) is 0 Å². The van der Waals surface area contributed by atoms with Gasteiger partial charge in [0.25, 0.3) is 5.69 Å². The Balaban J connectivity index is 1.44. The summed E-state index contributed by atoms with van der Waals surface area (Å²) in [5, 5.41) is 12.5. The SMILES string of the molecule is O=[N+]([O-])c1ccccc1-c1ccc2oc3c(-c4ccccc4)nc(-c4ccc(-c5ccccc5)cc4)nc3c2c1. The first-order valence-electron chi connectivity index (χ1n) is 12.8. The molecule has 190 valence electrons. The van der Waals surface area contributed by atoms with E-state index < -0.39 is 0 Å². The average molecular weight is 520 g/mol. The maximum absolute atomic E-state index is 11.7. The van der Waals surface area contributed by atoms with Crippen molar-refractivity contribution in [2.75, 3.05) is 0 Å². The van der Waals surface area contributed by atoms with Gasteiger partial charge in [-0.1, -0.05) is 103 Å². The summed E-state index contributed by atoms with van der Waals surface area (Å²) in [5.41, 5.74) is 7.91. The molecule has 0 bridgehead atoms. The molecule has 40 heavy (non-hydrogen) atoms. The number of aromatic nitrogens is 2. The van der Waals surface area contributed by atoms with E-state index in [0.717, 1.165) is 33.2 Å². The lowest BCUT2D eigenvalue weighted by atomic mass is 10.0. The van der Waals surface area contributed by atoms with Gasteiger partial charge in [0, 0.05) is 22.6 Å². The molecule has 2 heterocycles. The molecule has 0 amide bonds. The van der Waals surface area contributed by atoms with E-state index in [1.54, 1.807) is 18.2 Å². The topological polar surface area (TPSA) is 82.1 Å². The highest BCUT2D eigenvalue weighted by molar-refractivity contribution is 6.08. The summed E-state index contributed by atoms with van der Waals surface area (Å²) in [6.07, 6.45) is 0. The van der Waals surface area contributed by atoms with Crippen molar-refractivity contribution in [3.8, 4) is 44.9 Å². The predicted octanol–water partition coefficient (Wildman–Crippen LogP) is 8.95. The van der Waals surface area contributed by atoms with Crippen molar-refractivity contribution < 1.29 is 9.34 Å². The van der Waals surface area contributed by atoms with Gasteiger partial charge in [0.05, 0.1) is 10.5 Å². The normalized spacial score (nSPS) is 11.2. The van der Waals surface area contributed by atoms with Crippen LogP contribution in [0.25, 0.3) is 67.0 Å². The van der Waals surface area contributed by atoms with Crippen molar-refractivity contribution in [2.45, 2.75) is 0 Å². The van der Waals surface area contributed by atoms with Crippen LogP contribution in [0.4, 0.5) is 5.69 Å². The Morgan fingerprint density at radius 2 is 1.20 bits per heavy atom. The second kappa shape index (κ2) is 9.60. The van der Waals surface area contributed by atoms with Gasteiger partial charge in [-0.15, -0.1) is 0 Å². The fourth-order valence-electron chi connectivity index (χ4n) is 5.05. The molecule has 0 atom stereocenters. The highest BCUT2D eigenvalue weighted by atomic mass is 16.6. The van der Waals surface area contributed by atoms with Gasteiger partial charge in [0.1, 0.15) is 16.8 Å². The summed E-state index contributed by atoms with van der Waals surface area (Å²) in [6, 6.07) is 40.6. The Bertz CT molecular complexity index is 2020. The summed E-state index contributed by atoms with van der Waals surface area (Å²) in [5.74, 6) is 0.574. The average Bonchev–Trinajstić information content (AvgIpc) is 3.39. The molecule has 0 aliphatic carbocycles. The van der Waals surface area contributed by atoms with E-state index in [-0.39, 0.29) is 10.6 Å². The molecular weight excluding hydrogens is 498 g/mol. The minimum atomic E-state index is -0.361. The monoisotopic (exact) mass is 519 g/mol. The van der Waals surface area contributed by atoms with Gasteiger partial charge < -0.3 is 4.42 Å². The number of nitro groups is 1. The predicted molar refractivity (Wildman–Crippen MR) is 158 cm³/mol. The number of fused-ring (bicyclic) bond motifs is 3. The van der Waals surface area contributed by atoms with Crippen LogP contribution < -0.4 is 0 Å². The van der Waals surface area contributed by atoms with Crippen molar-refractivity contribution in [1.29, 1.82) is 0 Å². The second-order valence-corrected chi connectivity index (χ2v) is 9.47. The van der Waals surface area contributed by atoms with E-state index in [9.17, 15) is 10.1 Å². The van der Waals surface area contributed by atoms with Crippen LogP contribution >= 0.6 is 0 Å². The van der Waals surface area contributed by atoms with E-state index in [0.29, 0.717) is 33.8 Å². The Morgan fingerprint density at radius 3 is 1.93 bits per heavy atom. The Morgan fingerprint density at radius 1 is 0.600 bits per heavy atom. The number of nitrogens with zero attached hydrogens (tertiary/aromatic N) is 3. The molecule has 0 saturated heterocycles. The van der Waals surface area contributed by atoms with Crippen LogP contribution in [0, 0.1) is 10.1 Å². The Hall–Kier alpha value is -5.62. The lowest BCUT2D eigenvalue weighted by Crippen LogP contribution is -1.94. The summed E-state index contributed by atoms with van der Waals surface area (Å²) in [6.45, 7) is 0. The minimum absolute atomic E-state index is 0.0495. The van der Waals surface area contributed by atoms with Crippen LogP contribution in [-0.4, -0.2) is 14.9 Å². The van der Waals surface area contributed by atoms with Crippen molar-refractivity contribution in [2.24, 2.45) is 0 Å². The van der Waals surface area contributed by atoms with Crippen LogP contribution in [0.15, 0.2) is 132 Å². The van der Waals surface area contributed by atoms with Crippen molar-refractivity contribution in [3.05, 3.63) is 138 Å². The highest BCUT2D eigenvalue weighted by Gasteiger charge is 2.20. The minimum Gasteiger partial charge on any atom is -0.452 e. The quantitative estimate of drug-likeness (QED) is 0.167. The Labute approximate surface area is 229 Å². The number of benzene rings is 5. The number of para-hydroxylation sites is 1. The number of hydrogen-bond acceptors (Lipinski definition) is 5. The van der Waals surface area contributed by atoms with Gasteiger partial charge in [0.15, 0.2) is 11.4 Å². The molecule has 0 radical (unpaired) electrons. The van der Waals surface area contributed by atoms with E-state index in [1.807, 2.05) is 78.9 Å². The summed E-state index contributed by atoms with van der Waals surface area (Å²) in [4.78, 5) is 21.3. The highest BCUT2D eigenvalue weighted by Crippen LogP contribution is 2.38. The molecular formula is C34H21N3O3. The largest absolute Gasteiger partial charge is 0.452 e. The maximum atomic E-state index is 11.7. The van der Waals surface area contributed by atoms with Crippen molar-refractivity contribution in [1.82, 2.24) is 9.97 Å². The molecule has 2 aromatic heterocycles. The summed E-state index contributed by atoms with van der Waals surface area (Å²) in [7, 11) is 0. The zero-order chi connectivity index (χ0) is 27.1. The van der Waals surface area contributed by atoms with Crippen LogP contribution in [0.1, 0.15) is 0 Å². The van der Waals surface area contributed by atoms with Gasteiger partial charge in [-0.05, 0) is 34.9 Å². The third-order valence-corrected chi connectivity index (χ3v) is 7.02. The molecule has 0 fully saturated rings. The molecule has 0 spiro atoms. The first-order chi connectivity index (χ1) is 19.7. The standard InChI is InChI=1S/C34H21N3O3/c38-37(39)29-14-8-7-13-27(29)26-19-20-30-28(21-26)32-33(40-30)31(24-11-5-2-6-12-24)35-34(36-32)25-17-15-23(16-18-25)22-9-3-1-4-10-22/h1-21H. The van der Waals surface area contributed by atoms with E-state index in [4.69, 9.17) is 14.4 Å². The van der Waals surface area contributed by atoms with Gasteiger partial charge in [-0.3, -0.25) is 10.1 Å². The molecule has 0 aliphatic heterocycles. The fraction of sp³-hybridized carbons (Fsp3) is 0. The van der Waals surface area contributed by atoms with E-state index >= 15 is 0 Å². The van der Waals surface area contributed by atoms with Crippen molar-refractivity contribution >= 4 is 27.8 Å². The third-order valence-electron chi connectivity index (χ3n) is 7.02. The van der Waals surface area contributed by atoms with Gasteiger partial charge in [-0.2, -0.15) is 0 Å². The first kappa shape index (κ1) is 23.5. The number of furan rings is 1. The first-order valence-corrected chi connectivity index (χ1v) is 12.8. The molecule has 7 aromatic rings. The smallest absolute Gasteiger partial charge is 0.277 e. The zero-order valence-corrected chi connectivity index (χ0v) is 21.2. The lowest BCUT2D eigenvalue weighted by Gasteiger charge is -2.07. The summed E-state index contributed by atoms with van der Waals surface area (Å²) >= 11 is 0. The van der Waals surface area contributed by atoms with Crippen LogP contribution in [0.2, 0.25) is 0 Å². The van der Waals surface area contributed by atoms with Gasteiger partial charge in [0.2, 0.25) is 0 Å². The van der Waals surface area contributed by atoms with E-state index in [1.165, 1.54) is 6.07 Å². The summed E-state index contributed by atoms with van der Waals surface area (Å²) < 4.78 is 6.32. The third kappa shape index (κ3) is 4.08. The molecule has 5 aromatic carbocycles. The Kier molecular flexibility index (Phi) is 5.64. The maximum Gasteiger partial charge on any atom is 0.277 e. The zero-order valence-electron chi connectivity index (χ0n) is 21.2. The fourth-order valence-corrected chi connectivity index (χ4v) is 5.05. The molecule has 0 unspecified atom stereocenters. The number of hydrogen-bond donors (Lipinski definition) is 0. The molecule has 7 rings (SSSR count). The number of rotatable bonds is 5.